The lowest BCUT2D eigenvalue weighted by atomic mass is 9.85. The van der Waals surface area contributed by atoms with Crippen molar-refractivity contribution >= 4 is 23.2 Å². The lowest BCUT2D eigenvalue weighted by Crippen LogP contribution is -2.50. The van der Waals surface area contributed by atoms with Gasteiger partial charge in [-0.25, -0.2) is 0 Å². The van der Waals surface area contributed by atoms with Gasteiger partial charge in [-0.05, 0) is 50.7 Å². The number of hydrogen-bond donors (Lipinski definition) is 0. The van der Waals surface area contributed by atoms with Crippen molar-refractivity contribution in [2.75, 3.05) is 39.9 Å². The number of carbonyl (C=O) groups is 2. The van der Waals surface area contributed by atoms with E-state index in [9.17, 15) is 9.59 Å². The van der Waals surface area contributed by atoms with E-state index < -0.39 is 0 Å². The van der Waals surface area contributed by atoms with E-state index in [-0.39, 0.29) is 23.5 Å². The van der Waals surface area contributed by atoms with Crippen LogP contribution in [-0.4, -0.2) is 67.6 Å². The highest BCUT2D eigenvalue weighted by Gasteiger charge is 2.44. The molecule has 27 heavy (non-hydrogen) atoms. The van der Waals surface area contributed by atoms with Gasteiger partial charge in [-0.2, -0.15) is 0 Å². The van der Waals surface area contributed by atoms with Crippen LogP contribution in [0.2, 0.25) is 0 Å². The summed E-state index contributed by atoms with van der Waals surface area (Å²) in [6.07, 6.45) is 4.79. The first kappa shape index (κ1) is 18.9. The van der Waals surface area contributed by atoms with Gasteiger partial charge in [0.2, 0.25) is 0 Å². The van der Waals surface area contributed by atoms with Gasteiger partial charge in [0, 0.05) is 31.1 Å². The number of esters is 1. The molecule has 6 nitrogen and oxygen atoms in total. The molecule has 7 heteroatoms. The van der Waals surface area contributed by atoms with Crippen molar-refractivity contribution in [2.24, 2.45) is 0 Å². The number of methoxy groups -OCH3 is 1. The van der Waals surface area contributed by atoms with E-state index >= 15 is 0 Å². The van der Waals surface area contributed by atoms with E-state index in [0.717, 1.165) is 63.2 Å². The van der Waals surface area contributed by atoms with E-state index in [1.165, 1.54) is 17.6 Å². The average Bonchev–Trinajstić information content (AvgIpc) is 3.37. The standard InChI is InChI=1S/C20H28N2O4S/c1-14(19(24)25-2)21-10-6-20(7-11-21)17-15(5-12-26-20)13-16(27-17)18(23)22-8-3-4-9-22/h13-14H,3-12H2,1-2H3. The maximum Gasteiger partial charge on any atom is 0.322 e. The number of nitrogens with zero attached hydrogens (tertiary/aromatic N) is 2. The second-order valence-electron chi connectivity index (χ2n) is 7.79. The Kier molecular flexibility index (Phi) is 5.27. The van der Waals surface area contributed by atoms with Crippen LogP contribution in [0.1, 0.15) is 52.7 Å². The maximum atomic E-state index is 12.8. The Labute approximate surface area is 164 Å². The fourth-order valence-electron chi connectivity index (χ4n) is 4.57. The summed E-state index contributed by atoms with van der Waals surface area (Å²) >= 11 is 1.63. The minimum Gasteiger partial charge on any atom is -0.468 e. The summed E-state index contributed by atoms with van der Waals surface area (Å²) in [5, 5.41) is 0. The van der Waals surface area contributed by atoms with Gasteiger partial charge in [-0.1, -0.05) is 0 Å². The minimum atomic E-state index is -0.297. The normalized spacial score (nSPS) is 23.3. The molecule has 1 spiro atoms. The molecule has 3 aliphatic rings. The number of carbonyl (C=O) groups excluding carboxylic acids is 2. The highest BCUT2D eigenvalue weighted by atomic mass is 32.1. The summed E-state index contributed by atoms with van der Waals surface area (Å²) in [4.78, 5) is 30.9. The van der Waals surface area contributed by atoms with Crippen LogP contribution >= 0.6 is 11.3 Å². The van der Waals surface area contributed by atoms with Gasteiger partial charge in [-0.3, -0.25) is 14.5 Å². The van der Waals surface area contributed by atoms with Gasteiger partial charge in [-0.15, -0.1) is 11.3 Å². The Morgan fingerprint density at radius 2 is 1.93 bits per heavy atom. The van der Waals surface area contributed by atoms with Crippen LogP contribution in [-0.2, 0) is 26.3 Å². The SMILES string of the molecule is COC(=O)C(C)N1CCC2(CC1)OCCc1cc(C(=O)N3CCCC3)sc12. The Balaban J connectivity index is 1.52. The second-order valence-corrected chi connectivity index (χ2v) is 8.84. The van der Waals surface area contributed by atoms with Crippen molar-refractivity contribution in [2.45, 2.75) is 50.7 Å². The van der Waals surface area contributed by atoms with Crippen LogP contribution in [0.25, 0.3) is 0 Å². The van der Waals surface area contributed by atoms with E-state index in [4.69, 9.17) is 9.47 Å². The van der Waals surface area contributed by atoms with Gasteiger partial charge in [0.15, 0.2) is 0 Å². The molecule has 1 aromatic heterocycles. The van der Waals surface area contributed by atoms with Crippen LogP contribution < -0.4 is 0 Å². The smallest absolute Gasteiger partial charge is 0.322 e. The second kappa shape index (κ2) is 7.53. The van der Waals surface area contributed by atoms with Gasteiger partial charge >= 0.3 is 5.97 Å². The average molecular weight is 393 g/mol. The highest BCUT2D eigenvalue weighted by molar-refractivity contribution is 7.14. The molecule has 2 saturated heterocycles. The topological polar surface area (TPSA) is 59.1 Å². The van der Waals surface area contributed by atoms with E-state index in [0.29, 0.717) is 6.61 Å². The molecule has 3 aliphatic heterocycles. The summed E-state index contributed by atoms with van der Waals surface area (Å²) in [5.41, 5.74) is 0.983. The third-order valence-electron chi connectivity index (χ3n) is 6.27. The predicted octanol–water partition coefficient (Wildman–Crippen LogP) is 2.41. The molecule has 0 radical (unpaired) electrons. The van der Waals surface area contributed by atoms with E-state index in [2.05, 4.69) is 11.0 Å². The fourth-order valence-corrected chi connectivity index (χ4v) is 5.95. The van der Waals surface area contributed by atoms with Crippen molar-refractivity contribution in [1.82, 2.24) is 9.80 Å². The molecular formula is C20H28N2O4S. The lowest BCUT2D eigenvalue weighted by Gasteiger charge is -2.44. The molecule has 4 rings (SSSR count). The molecular weight excluding hydrogens is 364 g/mol. The van der Waals surface area contributed by atoms with Crippen molar-refractivity contribution in [3.05, 3.63) is 21.4 Å². The van der Waals surface area contributed by atoms with Crippen LogP contribution in [0.5, 0.6) is 0 Å². The van der Waals surface area contributed by atoms with Crippen molar-refractivity contribution in [3.8, 4) is 0 Å². The number of piperidine rings is 1. The molecule has 1 amide bonds. The first-order valence-electron chi connectivity index (χ1n) is 9.92. The summed E-state index contributed by atoms with van der Waals surface area (Å²) in [6, 6.07) is 1.88. The third-order valence-corrected chi connectivity index (χ3v) is 7.62. The van der Waals surface area contributed by atoms with Gasteiger partial charge in [0.1, 0.15) is 11.6 Å². The van der Waals surface area contributed by atoms with Crippen LogP contribution in [0.15, 0.2) is 6.07 Å². The Morgan fingerprint density at radius 1 is 1.22 bits per heavy atom. The molecule has 148 valence electrons. The molecule has 0 aromatic carbocycles. The fraction of sp³-hybridized carbons (Fsp3) is 0.700. The number of fused-ring (bicyclic) bond motifs is 2. The zero-order chi connectivity index (χ0) is 19.0. The number of amides is 1. The maximum absolute atomic E-state index is 12.8. The zero-order valence-corrected chi connectivity index (χ0v) is 17.0. The Hall–Kier alpha value is -1.44. The first-order valence-corrected chi connectivity index (χ1v) is 10.7. The third kappa shape index (κ3) is 3.41. The molecule has 0 aliphatic carbocycles. The van der Waals surface area contributed by atoms with Crippen molar-refractivity contribution in [1.29, 1.82) is 0 Å². The van der Waals surface area contributed by atoms with Crippen LogP contribution in [0, 0.1) is 0 Å². The molecule has 0 bridgehead atoms. The summed E-state index contributed by atoms with van der Waals surface area (Å²) in [5.74, 6) is -0.00961. The largest absolute Gasteiger partial charge is 0.468 e. The number of ether oxygens (including phenoxy) is 2. The van der Waals surface area contributed by atoms with Crippen molar-refractivity contribution < 1.29 is 19.1 Å². The summed E-state index contributed by atoms with van der Waals surface area (Å²) < 4.78 is 11.2. The molecule has 0 saturated carbocycles. The van der Waals surface area contributed by atoms with Crippen LogP contribution in [0.4, 0.5) is 0 Å². The Morgan fingerprint density at radius 3 is 2.59 bits per heavy atom. The monoisotopic (exact) mass is 392 g/mol. The quantitative estimate of drug-likeness (QED) is 0.740. The highest BCUT2D eigenvalue weighted by Crippen LogP contribution is 2.46. The Bertz CT molecular complexity index is 718. The number of rotatable bonds is 3. The van der Waals surface area contributed by atoms with Gasteiger partial charge < -0.3 is 14.4 Å². The van der Waals surface area contributed by atoms with Gasteiger partial charge in [0.05, 0.1) is 18.6 Å². The number of likely N-dealkylation sites (tertiary alicyclic amines) is 2. The van der Waals surface area contributed by atoms with Crippen LogP contribution in [0.3, 0.4) is 0 Å². The summed E-state index contributed by atoms with van der Waals surface area (Å²) in [7, 11) is 1.44. The molecule has 1 aromatic rings. The minimum absolute atomic E-state index is 0.179. The predicted molar refractivity (Wildman–Crippen MR) is 103 cm³/mol. The summed E-state index contributed by atoms with van der Waals surface area (Å²) in [6.45, 7) is 5.95. The van der Waals surface area contributed by atoms with E-state index in [1.54, 1.807) is 11.3 Å². The molecule has 1 unspecified atom stereocenters. The molecule has 1 atom stereocenters. The first-order chi connectivity index (χ1) is 13.0. The molecule has 2 fully saturated rings. The van der Waals surface area contributed by atoms with Gasteiger partial charge in [0.25, 0.3) is 5.91 Å². The molecule has 0 N–H and O–H groups in total. The number of thiophene rings is 1. The van der Waals surface area contributed by atoms with Crippen molar-refractivity contribution in [3.63, 3.8) is 0 Å². The zero-order valence-electron chi connectivity index (χ0n) is 16.2. The van der Waals surface area contributed by atoms with E-state index in [1.807, 2.05) is 11.8 Å². The number of hydrogen-bond acceptors (Lipinski definition) is 6. The lowest BCUT2D eigenvalue weighted by molar-refractivity contribution is -0.150. The molecule has 4 heterocycles.